The molecule has 1 heterocycles. The van der Waals surface area contributed by atoms with Gasteiger partial charge in [-0.15, -0.1) is 0 Å². The minimum atomic E-state index is -0.436. The Balaban J connectivity index is 2.50. The maximum absolute atomic E-state index is 11.5. The van der Waals surface area contributed by atoms with Crippen LogP contribution in [0.1, 0.15) is 29.4 Å². The molecule has 1 aromatic rings. The molecule has 0 spiro atoms. The summed E-state index contributed by atoms with van der Waals surface area (Å²) in [4.78, 5) is 15.3. The molecule has 1 aromatic heterocycles. The average Bonchev–Trinajstić information content (AvgIpc) is 2.28. The molecule has 0 saturated heterocycles. The maximum Gasteiger partial charge on any atom is 0.269 e. The van der Waals surface area contributed by atoms with Crippen LogP contribution in [0.4, 0.5) is 0 Å². The van der Waals surface area contributed by atoms with Crippen LogP contribution < -0.4 is 5.32 Å². The van der Waals surface area contributed by atoms with Crippen molar-refractivity contribution in [2.45, 2.75) is 19.4 Å². The molecule has 1 unspecified atom stereocenters. The number of nitrogens with one attached hydrogen (secondary N) is 1. The first-order valence-corrected chi connectivity index (χ1v) is 4.96. The average molecular weight is 219 g/mol. The van der Waals surface area contributed by atoms with Crippen LogP contribution in [0.15, 0.2) is 18.3 Å². The van der Waals surface area contributed by atoms with Crippen LogP contribution >= 0.6 is 0 Å². The van der Waals surface area contributed by atoms with Gasteiger partial charge in [-0.2, -0.15) is 5.26 Å². The molecule has 84 valence electrons. The summed E-state index contributed by atoms with van der Waals surface area (Å²) in [6.07, 6.45) is 1.42. The molecular formula is C11H13N3O2. The Morgan fingerprint density at radius 2 is 2.44 bits per heavy atom. The predicted octanol–water partition coefficient (Wildman–Crippen LogP) is 0.454. The molecule has 0 saturated carbocycles. The van der Waals surface area contributed by atoms with E-state index in [4.69, 9.17) is 10.4 Å². The Morgan fingerprint density at radius 3 is 2.94 bits per heavy atom. The topological polar surface area (TPSA) is 86.0 Å². The van der Waals surface area contributed by atoms with E-state index in [0.29, 0.717) is 18.5 Å². The highest BCUT2D eigenvalue weighted by atomic mass is 16.3. The third-order valence-corrected chi connectivity index (χ3v) is 1.97. The van der Waals surface area contributed by atoms with Gasteiger partial charge in [0.1, 0.15) is 11.8 Å². The lowest BCUT2D eigenvalue weighted by molar-refractivity contribution is 0.0940. The summed E-state index contributed by atoms with van der Waals surface area (Å²) in [5.41, 5.74) is 0.685. The number of rotatable bonds is 4. The van der Waals surface area contributed by atoms with E-state index in [9.17, 15) is 4.79 Å². The van der Waals surface area contributed by atoms with E-state index in [2.05, 4.69) is 10.3 Å². The fraction of sp³-hybridized carbons (Fsp3) is 0.364. The van der Waals surface area contributed by atoms with Gasteiger partial charge in [0.05, 0.1) is 11.7 Å². The normalized spacial score (nSPS) is 11.6. The first kappa shape index (κ1) is 12.1. The Labute approximate surface area is 93.7 Å². The van der Waals surface area contributed by atoms with Crippen molar-refractivity contribution < 1.29 is 9.90 Å². The third-order valence-electron chi connectivity index (χ3n) is 1.97. The fourth-order valence-electron chi connectivity index (χ4n) is 1.08. The number of pyridine rings is 1. The Hall–Kier alpha value is -1.93. The highest BCUT2D eigenvalue weighted by Crippen LogP contribution is 1.98. The van der Waals surface area contributed by atoms with Crippen LogP contribution in [-0.2, 0) is 0 Å². The standard InChI is InChI=1S/C11H13N3O2/c1-8(15)4-5-13-11(16)10-3-2-9(6-12)7-14-10/h2-3,7-8,15H,4-5H2,1H3,(H,13,16). The number of nitrogens with zero attached hydrogens (tertiary/aromatic N) is 2. The van der Waals surface area contributed by atoms with Gasteiger partial charge in [0.2, 0.25) is 0 Å². The molecule has 0 radical (unpaired) electrons. The molecule has 16 heavy (non-hydrogen) atoms. The van der Waals surface area contributed by atoms with Crippen LogP contribution in [0.2, 0.25) is 0 Å². The molecule has 1 rings (SSSR count). The molecule has 5 heteroatoms. The fourth-order valence-corrected chi connectivity index (χ4v) is 1.08. The van der Waals surface area contributed by atoms with Crippen LogP contribution in [-0.4, -0.2) is 28.6 Å². The van der Waals surface area contributed by atoms with Crippen molar-refractivity contribution in [3.63, 3.8) is 0 Å². The van der Waals surface area contributed by atoms with E-state index < -0.39 is 6.10 Å². The molecule has 0 aliphatic carbocycles. The smallest absolute Gasteiger partial charge is 0.269 e. The van der Waals surface area contributed by atoms with Gasteiger partial charge in [-0.3, -0.25) is 4.79 Å². The number of aromatic nitrogens is 1. The SMILES string of the molecule is CC(O)CCNC(=O)c1ccc(C#N)cn1. The van der Waals surface area contributed by atoms with Crippen molar-refractivity contribution in [2.24, 2.45) is 0 Å². The van der Waals surface area contributed by atoms with Crippen molar-refractivity contribution >= 4 is 5.91 Å². The van der Waals surface area contributed by atoms with Gasteiger partial charge in [-0.05, 0) is 25.5 Å². The van der Waals surface area contributed by atoms with Crippen LogP contribution in [0, 0.1) is 11.3 Å². The number of carbonyl (C=O) groups excluding carboxylic acids is 1. The van der Waals surface area contributed by atoms with E-state index in [0.717, 1.165) is 0 Å². The van der Waals surface area contributed by atoms with Crippen molar-refractivity contribution in [1.29, 1.82) is 5.26 Å². The molecule has 5 nitrogen and oxygen atoms in total. The number of hydrogen-bond donors (Lipinski definition) is 2. The molecular weight excluding hydrogens is 206 g/mol. The molecule has 0 aliphatic heterocycles. The Morgan fingerprint density at radius 1 is 1.69 bits per heavy atom. The van der Waals surface area contributed by atoms with E-state index in [1.165, 1.54) is 18.3 Å². The number of hydrogen-bond acceptors (Lipinski definition) is 4. The Bertz CT molecular complexity index is 393. The van der Waals surface area contributed by atoms with Crippen molar-refractivity contribution in [1.82, 2.24) is 10.3 Å². The third kappa shape index (κ3) is 3.67. The molecule has 0 aromatic carbocycles. The van der Waals surface area contributed by atoms with E-state index in [-0.39, 0.29) is 11.6 Å². The lowest BCUT2D eigenvalue weighted by Crippen LogP contribution is -2.27. The van der Waals surface area contributed by atoms with Gasteiger partial charge < -0.3 is 10.4 Å². The number of nitriles is 1. The molecule has 0 fully saturated rings. The highest BCUT2D eigenvalue weighted by Gasteiger charge is 2.06. The van der Waals surface area contributed by atoms with E-state index >= 15 is 0 Å². The van der Waals surface area contributed by atoms with E-state index in [1.54, 1.807) is 6.92 Å². The summed E-state index contributed by atoms with van der Waals surface area (Å²) in [5.74, 6) is -0.301. The van der Waals surface area contributed by atoms with Crippen molar-refractivity contribution in [3.05, 3.63) is 29.6 Å². The quantitative estimate of drug-likeness (QED) is 0.770. The highest BCUT2D eigenvalue weighted by molar-refractivity contribution is 5.92. The summed E-state index contributed by atoms with van der Waals surface area (Å²) < 4.78 is 0. The molecule has 2 N–H and O–H groups in total. The molecule has 1 atom stereocenters. The largest absolute Gasteiger partial charge is 0.393 e. The second kappa shape index (κ2) is 5.83. The molecule has 1 amide bonds. The van der Waals surface area contributed by atoms with Crippen LogP contribution in [0.5, 0.6) is 0 Å². The van der Waals surface area contributed by atoms with Crippen LogP contribution in [0.3, 0.4) is 0 Å². The van der Waals surface area contributed by atoms with E-state index in [1.807, 2.05) is 6.07 Å². The van der Waals surface area contributed by atoms with Gasteiger partial charge in [-0.25, -0.2) is 4.98 Å². The summed E-state index contributed by atoms with van der Waals surface area (Å²) in [5, 5.41) is 20.2. The first-order chi connectivity index (χ1) is 7.63. The van der Waals surface area contributed by atoms with Crippen molar-refractivity contribution in [2.75, 3.05) is 6.54 Å². The minimum Gasteiger partial charge on any atom is -0.393 e. The maximum atomic E-state index is 11.5. The zero-order chi connectivity index (χ0) is 12.0. The number of amides is 1. The van der Waals surface area contributed by atoms with Gasteiger partial charge >= 0.3 is 0 Å². The summed E-state index contributed by atoms with van der Waals surface area (Å²) in [7, 11) is 0. The lowest BCUT2D eigenvalue weighted by atomic mass is 10.2. The zero-order valence-electron chi connectivity index (χ0n) is 8.97. The number of aliphatic hydroxyl groups is 1. The van der Waals surface area contributed by atoms with Crippen molar-refractivity contribution in [3.8, 4) is 6.07 Å². The predicted molar refractivity (Wildman–Crippen MR) is 57.6 cm³/mol. The second-order valence-corrected chi connectivity index (χ2v) is 3.44. The summed E-state index contributed by atoms with van der Waals surface area (Å²) in [6.45, 7) is 2.06. The van der Waals surface area contributed by atoms with Gasteiger partial charge in [0.25, 0.3) is 5.91 Å². The second-order valence-electron chi connectivity index (χ2n) is 3.44. The Kier molecular flexibility index (Phi) is 4.42. The molecule has 0 bridgehead atoms. The minimum absolute atomic E-state index is 0.268. The molecule has 0 aliphatic rings. The lowest BCUT2D eigenvalue weighted by Gasteiger charge is -2.05. The number of aliphatic hydroxyl groups excluding tert-OH is 1. The zero-order valence-corrected chi connectivity index (χ0v) is 8.97. The summed E-state index contributed by atoms with van der Waals surface area (Å²) >= 11 is 0. The van der Waals surface area contributed by atoms with Gasteiger partial charge in [-0.1, -0.05) is 0 Å². The monoisotopic (exact) mass is 219 g/mol. The first-order valence-electron chi connectivity index (χ1n) is 4.96. The number of carbonyl (C=O) groups is 1. The van der Waals surface area contributed by atoms with Crippen LogP contribution in [0.25, 0.3) is 0 Å². The van der Waals surface area contributed by atoms with Gasteiger partial charge in [0, 0.05) is 12.7 Å². The summed E-state index contributed by atoms with van der Waals surface area (Å²) in [6, 6.07) is 4.96. The van der Waals surface area contributed by atoms with Gasteiger partial charge in [0.15, 0.2) is 0 Å².